The summed E-state index contributed by atoms with van der Waals surface area (Å²) in [5, 5.41) is 10.7. The first-order valence-electron chi connectivity index (χ1n) is 7.74. The Morgan fingerprint density at radius 3 is 2.57 bits per heavy atom. The summed E-state index contributed by atoms with van der Waals surface area (Å²) >= 11 is 0. The summed E-state index contributed by atoms with van der Waals surface area (Å²) in [5.41, 5.74) is 4.10. The molecule has 0 aliphatic heterocycles. The minimum absolute atomic E-state index is 0.0759. The largest absolute Gasteiger partial charge is 0.348 e. The van der Waals surface area contributed by atoms with E-state index in [1.807, 2.05) is 12.1 Å². The Morgan fingerprint density at radius 1 is 1.13 bits per heavy atom. The summed E-state index contributed by atoms with van der Waals surface area (Å²) < 4.78 is 0. The lowest BCUT2D eigenvalue weighted by Crippen LogP contribution is -2.22. The number of amides is 1. The van der Waals surface area contributed by atoms with E-state index in [9.17, 15) is 4.79 Å². The normalized spacial score (nSPS) is 11.6. The number of aromatic amines is 1. The van der Waals surface area contributed by atoms with Gasteiger partial charge in [0.1, 0.15) is 0 Å². The SMILES string of the molecule is CC(C)(C)c1ccc(CNC(=O)c2ccc3[nH]ncc3c2)cc1. The highest BCUT2D eigenvalue weighted by Crippen LogP contribution is 2.22. The molecule has 0 saturated carbocycles. The van der Waals surface area contributed by atoms with Gasteiger partial charge in [0.25, 0.3) is 5.91 Å². The Balaban J connectivity index is 1.66. The number of aromatic nitrogens is 2. The van der Waals surface area contributed by atoms with Gasteiger partial charge >= 0.3 is 0 Å². The Labute approximate surface area is 135 Å². The number of fused-ring (bicyclic) bond motifs is 1. The fraction of sp³-hybridized carbons (Fsp3) is 0.263. The third-order valence-corrected chi connectivity index (χ3v) is 3.98. The van der Waals surface area contributed by atoms with Crippen LogP contribution in [0.3, 0.4) is 0 Å². The summed E-state index contributed by atoms with van der Waals surface area (Å²) in [6.07, 6.45) is 1.72. The molecular formula is C19H21N3O. The molecule has 1 heterocycles. The van der Waals surface area contributed by atoms with E-state index in [0.717, 1.165) is 16.5 Å². The first kappa shape index (κ1) is 15.3. The third kappa shape index (κ3) is 3.42. The van der Waals surface area contributed by atoms with Crippen molar-refractivity contribution in [1.82, 2.24) is 15.5 Å². The van der Waals surface area contributed by atoms with Crippen molar-refractivity contribution in [3.8, 4) is 0 Å². The molecule has 2 N–H and O–H groups in total. The maximum absolute atomic E-state index is 12.3. The zero-order chi connectivity index (χ0) is 16.4. The highest BCUT2D eigenvalue weighted by molar-refractivity contribution is 5.97. The molecule has 4 heteroatoms. The van der Waals surface area contributed by atoms with Gasteiger partial charge in [-0.25, -0.2) is 0 Å². The smallest absolute Gasteiger partial charge is 0.251 e. The predicted octanol–water partition coefficient (Wildman–Crippen LogP) is 3.79. The van der Waals surface area contributed by atoms with E-state index < -0.39 is 0 Å². The van der Waals surface area contributed by atoms with Crippen LogP contribution in [0.25, 0.3) is 10.9 Å². The van der Waals surface area contributed by atoms with Crippen molar-refractivity contribution >= 4 is 16.8 Å². The lowest BCUT2D eigenvalue weighted by atomic mass is 9.87. The van der Waals surface area contributed by atoms with Gasteiger partial charge in [0.15, 0.2) is 0 Å². The highest BCUT2D eigenvalue weighted by Gasteiger charge is 2.13. The molecule has 118 valence electrons. The Kier molecular flexibility index (Phi) is 3.90. The quantitative estimate of drug-likeness (QED) is 0.773. The molecule has 0 radical (unpaired) electrons. The molecule has 0 bridgehead atoms. The van der Waals surface area contributed by atoms with Crippen molar-refractivity contribution in [3.63, 3.8) is 0 Å². The lowest BCUT2D eigenvalue weighted by Gasteiger charge is -2.19. The zero-order valence-electron chi connectivity index (χ0n) is 13.7. The first-order valence-corrected chi connectivity index (χ1v) is 7.74. The second-order valence-corrected chi connectivity index (χ2v) is 6.80. The predicted molar refractivity (Wildman–Crippen MR) is 92.4 cm³/mol. The second-order valence-electron chi connectivity index (χ2n) is 6.80. The third-order valence-electron chi connectivity index (χ3n) is 3.98. The molecule has 0 atom stereocenters. The molecule has 4 nitrogen and oxygen atoms in total. The summed E-state index contributed by atoms with van der Waals surface area (Å²) in [4.78, 5) is 12.3. The molecule has 23 heavy (non-hydrogen) atoms. The molecule has 3 rings (SSSR count). The lowest BCUT2D eigenvalue weighted by molar-refractivity contribution is 0.0951. The number of rotatable bonds is 3. The van der Waals surface area contributed by atoms with Crippen molar-refractivity contribution in [2.75, 3.05) is 0 Å². The first-order chi connectivity index (χ1) is 10.9. The van der Waals surface area contributed by atoms with Crippen LogP contribution in [0, 0.1) is 0 Å². The number of carbonyl (C=O) groups is 1. The number of benzene rings is 2. The van der Waals surface area contributed by atoms with Gasteiger partial charge in [-0.2, -0.15) is 5.10 Å². The Bertz CT molecular complexity index is 826. The molecule has 0 aliphatic rings. The Hall–Kier alpha value is -2.62. The van der Waals surface area contributed by atoms with E-state index in [1.54, 1.807) is 12.3 Å². The summed E-state index contributed by atoms with van der Waals surface area (Å²) in [5.74, 6) is -0.0759. The average Bonchev–Trinajstić information content (AvgIpc) is 2.99. The van der Waals surface area contributed by atoms with Gasteiger partial charge in [-0.05, 0) is 34.7 Å². The molecule has 1 aromatic heterocycles. The van der Waals surface area contributed by atoms with Gasteiger partial charge in [0, 0.05) is 17.5 Å². The molecule has 0 spiro atoms. The fourth-order valence-corrected chi connectivity index (χ4v) is 2.49. The molecule has 0 fully saturated rings. The maximum atomic E-state index is 12.3. The van der Waals surface area contributed by atoms with E-state index in [-0.39, 0.29) is 11.3 Å². The van der Waals surface area contributed by atoms with Crippen LogP contribution in [0.5, 0.6) is 0 Å². The van der Waals surface area contributed by atoms with Crippen LogP contribution in [0.2, 0.25) is 0 Å². The molecular weight excluding hydrogens is 286 g/mol. The van der Waals surface area contributed by atoms with Crippen molar-refractivity contribution < 1.29 is 4.79 Å². The van der Waals surface area contributed by atoms with Crippen LogP contribution in [0.15, 0.2) is 48.7 Å². The molecule has 1 amide bonds. The van der Waals surface area contributed by atoms with Gasteiger partial charge in [-0.3, -0.25) is 9.89 Å². The number of carbonyl (C=O) groups excluding carboxylic acids is 1. The van der Waals surface area contributed by atoms with Crippen LogP contribution in [0.4, 0.5) is 0 Å². The van der Waals surface area contributed by atoms with E-state index in [2.05, 4.69) is 60.6 Å². The van der Waals surface area contributed by atoms with Crippen LogP contribution >= 0.6 is 0 Å². The monoisotopic (exact) mass is 307 g/mol. The minimum Gasteiger partial charge on any atom is -0.348 e. The molecule has 3 aromatic rings. The van der Waals surface area contributed by atoms with Gasteiger partial charge in [0.05, 0.1) is 11.7 Å². The number of H-pyrrole nitrogens is 1. The van der Waals surface area contributed by atoms with E-state index >= 15 is 0 Å². The minimum atomic E-state index is -0.0759. The van der Waals surface area contributed by atoms with Gasteiger partial charge in [0.2, 0.25) is 0 Å². The topological polar surface area (TPSA) is 57.8 Å². The van der Waals surface area contributed by atoms with Crippen molar-refractivity contribution in [3.05, 3.63) is 65.4 Å². The molecule has 0 unspecified atom stereocenters. The van der Waals surface area contributed by atoms with Crippen LogP contribution in [-0.4, -0.2) is 16.1 Å². The van der Waals surface area contributed by atoms with E-state index in [4.69, 9.17) is 0 Å². The van der Waals surface area contributed by atoms with Crippen LogP contribution < -0.4 is 5.32 Å². The standard InChI is InChI=1S/C19H21N3O/c1-19(2,3)16-7-4-13(5-8-16)11-20-18(23)14-6-9-17-15(10-14)12-21-22-17/h4-10,12H,11H2,1-3H3,(H,20,23)(H,21,22). The number of hydrogen-bond donors (Lipinski definition) is 2. The maximum Gasteiger partial charge on any atom is 0.251 e. The van der Waals surface area contributed by atoms with E-state index in [1.165, 1.54) is 5.56 Å². The second kappa shape index (κ2) is 5.88. The van der Waals surface area contributed by atoms with Crippen molar-refractivity contribution in [2.24, 2.45) is 0 Å². The van der Waals surface area contributed by atoms with Crippen LogP contribution in [0.1, 0.15) is 42.3 Å². The number of nitrogens with zero attached hydrogens (tertiary/aromatic N) is 1. The van der Waals surface area contributed by atoms with Crippen LogP contribution in [-0.2, 0) is 12.0 Å². The van der Waals surface area contributed by atoms with Gasteiger partial charge < -0.3 is 5.32 Å². The zero-order valence-corrected chi connectivity index (χ0v) is 13.7. The average molecular weight is 307 g/mol. The summed E-state index contributed by atoms with van der Waals surface area (Å²) in [6, 6.07) is 13.9. The van der Waals surface area contributed by atoms with Gasteiger partial charge in [-0.1, -0.05) is 45.0 Å². The summed E-state index contributed by atoms with van der Waals surface area (Å²) in [7, 11) is 0. The fourth-order valence-electron chi connectivity index (χ4n) is 2.49. The Morgan fingerprint density at radius 2 is 1.87 bits per heavy atom. The molecule has 0 aliphatic carbocycles. The van der Waals surface area contributed by atoms with Crippen molar-refractivity contribution in [1.29, 1.82) is 0 Å². The summed E-state index contributed by atoms with van der Waals surface area (Å²) in [6.45, 7) is 7.09. The number of nitrogens with one attached hydrogen (secondary N) is 2. The van der Waals surface area contributed by atoms with Crippen molar-refractivity contribution in [2.45, 2.75) is 32.7 Å². The molecule has 0 saturated heterocycles. The van der Waals surface area contributed by atoms with Gasteiger partial charge in [-0.15, -0.1) is 0 Å². The number of hydrogen-bond acceptors (Lipinski definition) is 2. The molecule has 2 aromatic carbocycles. The highest BCUT2D eigenvalue weighted by atomic mass is 16.1. The van der Waals surface area contributed by atoms with E-state index in [0.29, 0.717) is 12.1 Å².